The van der Waals surface area contributed by atoms with Crippen LogP contribution in [0.15, 0.2) is 20.4 Å². The van der Waals surface area contributed by atoms with E-state index < -0.39 is 5.96 Å². The Labute approximate surface area is 101 Å². The molecule has 0 aromatic rings. The fourth-order valence-electron chi connectivity index (χ4n) is 0.454. The topological polar surface area (TPSA) is 249 Å². The highest BCUT2D eigenvalue weighted by molar-refractivity contribution is 5.82. The van der Waals surface area contributed by atoms with E-state index in [9.17, 15) is 0 Å². The zero-order valence-corrected chi connectivity index (χ0v) is 9.10. The van der Waals surface area contributed by atoms with Crippen molar-refractivity contribution in [2.45, 2.75) is 0 Å². The van der Waals surface area contributed by atoms with Crippen LogP contribution in [-0.4, -0.2) is 23.8 Å². The predicted molar refractivity (Wildman–Crippen MR) is 64.5 cm³/mol. The average molecular weight is 258 g/mol. The van der Waals surface area contributed by atoms with Gasteiger partial charge in [-0.25, -0.2) is 11.1 Å². The molecule has 0 radical (unpaired) electrons. The second kappa shape index (κ2) is 7.91. The van der Waals surface area contributed by atoms with Crippen molar-refractivity contribution >= 4 is 23.8 Å². The van der Waals surface area contributed by atoms with Gasteiger partial charge in [-0.15, -0.1) is 20.4 Å². The highest BCUT2D eigenvalue weighted by atomic mass is 15.7. The Morgan fingerprint density at radius 1 is 0.833 bits per heavy atom. The first-order valence-electron chi connectivity index (χ1n) is 4.20. The molecular weight excluding hydrogens is 244 g/mol. The van der Waals surface area contributed by atoms with E-state index >= 15 is 0 Å². The Kier molecular flexibility index (Phi) is 6.45. The molecule has 0 bridgehead atoms. The fourth-order valence-corrected chi connectivity index (χ4v) is 0.454. The lowest BCUT2D eigenvalue weighted by Crippen LogP contribution is -2.49. The maximum Gasteiger partial charge on any atom is 0.258 e. The van der Waals surface area contributed by atoms with Crippen molar-refractivity contribution in [3.05, 3.63) is 0 Å². The smallest absolute Gasteiger partial charge is 0.258 e. The average Bonchev–Trinajstić information content (AvgIpc) is 2.29. The summed E-state index contributed by atoms with van der Waals surface area (Å²) in [5.41, 5.74) is 29.1. The molecule has 0 aromatic carbocycles. The molecular formula is C4H14N14. The molecule has 0 unspecified atom stereocenters. The third-order valence-electron chi connectivity index (χ3n) is 0.982. The van der Waals surface area contributed by atoms with Gasteiger partial charge in [0.2, 0.25) is 17.9 Å². The summed E-state index contributed by atoms with van der Waals surface area (Å²) in [5, 5.41) is 26.8. The largest absolute Gasteiger partial charge is 0.369 e. The van der Waals surface area contributed by atoms with E-state index in [0.29, 0.717) is 0 Å². The Morgan fingerprint density at radius 2 is 1.44 bits per heavy atom. The molecule has 0 spiro atoms. The van der Waals surface area contributed by atoms with E-state index in [-0.39, 0.29) is 17.9 Å². The Bertz CT molecular complexity index is 375. The first-order valence-corrected chi connectivity index (χ1v) is 4.20. The Morgan fingerprint density at radius 3 is 2.00 bits per heavy atom. The van der Waals surface area contributed by atoms with E-state index in [2.05, 4.69) is 42.4 Å². The summed E-state index contributed by atoms with van der Waals surface area (Å²) < 4.78 is 0. The van der Waals surface area contributed by atoms with E-state index in [0.717, 1.165) is 0 Å². The third-order valence-corrected chi connectivity index (χ3v) is 0.982. The molecule has 0 aliphatic rings. The molecule has 14 nitrogen and oxygen atoms in total. The molecule has 0 heterocycles. The van der Waals surface area contributed by atoms with Crippen LogP contribution >= 0.6 is 0 Å². The lowest BCUT2D eigenvalue weighted by molar-refractivity contribution is 0.578. The van der Waals surface area contributed by atoms with Crippen LogP contribution in [0.1, 0.15) is 0 Å². The standard InChI is InChI=1S/C4H14N14/c5-1(6)11-13-3(9)15-17-18-16-4(10)14-12-2(7)8/h17-18H,(H3,5,6)(H2,9,15)(H4,7,8,12)(H3,10,14,16)/b13-11+. The van der Waals surface area contributed by atoms with Gasteiger partial charge in [0.05, 0.1) is 0 Å². The normalized spacial score (nSPS) is 12.0. The molecule has 0 aliphatic heterocycles. The van der Waals surface area contributed by atoms with E-state index in [4.69, 9.17) is 33.8 Å². The Hall–Kier alpha value is -3.32. The fraction of sp³-hybridized carbons (Fsp3) is 0. The van der Waals surface area contributed by atoms with Crippen molar-refractivity contribution in [3.63, 3.8) is 0 Å². The number of nitrogens with two attached hydrogens (primary N) is 4. The van der Waals surface area contributed by atoms with Gasteiger partial charge in [-0.05, 0) is 0 Å². The number of hydrogen-bond acceptors (Lipinski definition) is 6. The number of nitrogens with zero attached hydrogens (tertiary/aromatic N) is 4. The van der Waals surface area contributed by atoms with Gasteiger partial charge in [-0.1, -0.05) is 0 Å². The zero-order chi connectivity index (χ0) is 14.0. The minimum absolute atomic E-state index is 0.128. The summed E-state index contributed by atoms with van der Waals surface area (Å²) in [6.45, 7) is 0. The van der Waals surface area contributed by atoms with Crippen LogP contribution in [0.25, 0.3) is 0 Å². The summed E-state index contributed by atoms with van der Waals surface area (Å²) >= 11 is 0. The van der Waals surface area contributed by atoms with Crippen molar-refractivity contribution in [3.8, 4) is 0 Å². The van der Waals surface area contributed by atoms with E-state index in [1.165, 1.54) is 0 Å². The minimum atomic E-state index is -0.511. The predicted octanol–water partition coefficient (Wildman–Crippen LogP) is -4.13. The van der Waals surface area contributed by atoms with Gasteiger partial charge in [0, 0.05) is 0 Å². The van der Waals surface area contributed by atoms with Crippen molar-refractivity contribution in [1.82, 2.24) is 21.9 Å². The number of guanidine groups is 4. The lowest BCUT2D eigenvalue weighted by Gasteiger charge is -2.06. The van der Waals surface area contributed by atoms with Crippen molar-refractivity contribution in [2.24, 2.45) is 43.4 Å². The van der Waals surface area contributed by atoms with Gasteiger partial charge in [0.1, 0.15) is 0 Å². The summed E-state index contributed by atoms with van der Waals surface area (Å²) in [6, 6.07) is 0. The molecule has 18 heavy (non-hydrogen) atoms. The molecule has 100 valence electrons. The van der Waals surface area contributed by atoms with Gasteiger partial charge in [-0.2, -0.15) is 0 Å². The van der Waals surface area contributed by atoms with E-state index in [1.807, 2.05) is 0 Å². The minimum Gasteiger partial charge on any atom is -0.369 e. The number of hydrazine groups is 2. The SMILES string of the molecule is N=C(N)/N=N/C(N)=N\NN/N=C(/N)NNC(=N)N. The molecule has 0 rings (SSSR count). The first-order chi connectivity index (χ1) is 8.41. The van der Waals surface area contributed by atoms with Crippen LogP contribution in [-0.2, 0) is 0 Å². The quantitative estimate of drug-likeness (QED) is 0.0779. The molecule has 0 saturated carbocycles. The number of nitrogens with one attached hydrogen (secondary N) is 6. The van der Waals surface area contributed by atoms with E-state index in [1.54, 1.807) is 0 Å². The van der Waals surface area contributed by atoms with Crippen molar-refractivity contribution in [2.75, 3.05) is 0 Å². The van der Waals surface area contributed by atoms with Crippen LogP contribution in [0.3, 0.4) is 0 Å². The highest BCUT2D eigenvalue weighted by Crippen LogP contribution is 1.73. The van der Waals surface area contributed by atoms with Crippen LogP contribution < -0.4 is 44.9 Å². The highest BCUT2D eigenvalue weighted by Gasteiger charge is 1.90. The molecule has 0 aliphatic carbocycles. The van der Waals surface area contributed by atoms with Crippen LogP contribution in [0.2, 0.25) is 0 Å². The second-order valence-corrected chi connectivity index (χ2v) is 2.44. The monoisotopic (exact) mass is 258 g/mol. The summed E-state index contributed by atoms with van der Waals surface area (Å²) in [4.78, 5) is 0. The molecule has 14 heteroatoms. The number of hydrazone groups is 2. The molecule has 14 N–H and O–H groups in total. The Balaban J connectivity index is 3.96. The summed E-state index contributed by atoms with van der Waals surface area (Å²) in [6.07, 6.45) is 0. The summed E-state index contributed by atoms with van der Waals surface area (Å²) in [5.74, 6) is -1.27. The summed E-state index contributed by atoms with van der Waals surface area (Å²) in [7, 11) is 0. The van der Waals surface area contributed by atoms with Crippen LogP contribution in [0.4, 0.5) is 0 Å². The van der Waals surface area contributed by atoms with Gasteiger partial charge in [0.25, 0.3) is 5.96 Å². The van der Waals surface area contributed by atoms with Crippen molar-refractivity contribution < 1.29 is 0 Å². The molecule has 0 amide bonds. The molecule has 0 fully saturated rings. The lowest BCUT2D eigenvalue weighted by atomic mass is 11.0. The van der Waals surface area contributed by atoms with Gasteiger partial charge >= 0.3 is 0 Å². The third kappa shape index (κ3) is 9.24. The van der Waals surface area contributed by atoms with Gasteiger partial charge < -0.3 is 22.9 Å². The number of hydrogen-bond donors (Lipinski definition) is 10. The van der Waals surface area contributed by atoms with Crippen LogP contribution in [0, 0.1) is 10.8 Å². The molecule has 0 saturated heterocycles. The second-order valence-electron chi connectivity index (χ2n) is 2.44. The van der Waals surface area contributed by atoms with Crippen molar-refractivity contribution in [1.29, 1.82) is 10.8 Å². The maximum atomic E-state index is 6.81. The zero-order valence-electron chi connectivity index (χ0n) is 9.10. The number of azo groups is 1. The van der Waals surface area contributed by atoms with Crippen LogP contribution in [0.5, 0.6) is 0 Å². The van der Waals surface area contributed by atoms with Gasteiger partial charge in [0.15, 0.2) is 0 Å². The van der Waals surface area contributed by atoms with Gasteiger partial charge in [-0.3, -0.25) is 21.7 Å². The number of rotatable bonds is 3. The first kappa shape index (κ1) is 14.7. The molecule has 0 aromatic heterocycles. The molecule has 0 atom stereocenters. The maximum absolute atomic E-state index is 6.81.